The van der Waals surface area contributed by atoms with Crippen molar-refractivity contribution in [1.82, 2.24) is 9.78 Å². The molecule has 0 fully saturated rings. The first-order chi connectivity index (χ1) is 13.5. The molecule has 6 nitrogen and oxygen atoms in total. The number of carbonyl (C=O) groups excluding carboxylic acids is 2. The van der Waals surface area contributed by atoms with Gasteiger partial charge in [-0.2, -0.15) is 0 Å². The van der Waals surface area contributed by atoms with E-state index in [2.05, 4.69) is 10.4 Å². The molecule has 28 heavy (non-hydrogen) atoms. The number of carbonyl (C=O) groups is 2. The number of anilines is 1. The third-order valence-corrected chi connectivity index (χ3v) is 4.76. The van der Waals surface area contributed by atoms with Crippen molar-refractivity contribution in [3.8, 4) is 17.0 Å². The summed E-state index contributed by atoms with van der Waals surface area (Å²) in [5.74, 6) is 0.484. The van der Waals surface area contributed by atoms with Crippen LogP contribution in [-0.2, 0) is 7.05 Å². The zero-order chi connectivity index (χ0) is 20.1. The monoisotopic (exact) mass is 439 g/mol. The average Bonchev–Trinajstić information content (AvgIpc) is 3.12. The van der Waals surface area contributed by atoms with Crippen molar-refractivity contribution < 1.29 is 14.3 Å². The number of nitrogens with one attached hydrogen (secondary N) is 1. The standard InChI is InChI=1S/C21H22AsN3O3/c1-14(26)15-3-5-16(6-4-15)21(27)24-17-7-8-20(28-12-10-22)18(13-17)19-9-11-23-25(19)2/h3-9,11,13H,10,12,22H2,1-2H3,(H,24,27). The average molecular weight is 439 g/mol. The molecule has 144 valence electrons. The fourth-order valence-electron chi connectivity index (χ4n) is 2.80. The molecule has 1 N–H and O–H groups in total. The molecule has 0 aliphatic rings. The maximum absolute atomic E-state index is 12.6. The number of hydrogen-bond acceptors (Lipinski definition) is 4. The summed E-state index contributed by atoms with van der Waals surface area (Å²) in [6.45, 7) is 2.14. The molecule has 1 atom stereocenters. The molecule has 0 spiro atoms. The number of ether oxygens (including phenoxy) is 1. The van der Waals surface area contributed by atoms with Crippen molar-refractivity contribution >= 4 is 34.2 Å². The molecule has 3 rings (SSSR count). The SMILES string of the molecule is CC(=O)c1ccc(C(=O)Nc2ccc(OCC[AsH2])c(-c3ccnn3C)c2)cc1. The molecule has 0 radical (unpaired) electrons. The number of aromatic nitrogens is 2. The van der Waals surface area contributed by atoms with Gasteiger partial charge < -0.3 is 0 Å². The predicted molar refractivity (Wildman–Crippen MR) is 112 cm³/mol. The Kier molecular flexibility index (Phi) is 6.32. The number of benzene rings is 2. The predicted octanol–water partition coefficient (Wildman–Crippen LogP) is 2.97. The third-order valence-electron chi connectivity index (χ3n) is 4.26. The molecule has 0 saturated carbocycles. The van der Waals surface area contributed by atoms with Crippen LogP contribution in [0.1, 0.15) is 27.6 Å². The zero-order valence-corrected chi connectivity index (χ0v) is 18.2. The van der Waals surface area contributed by atoms with Gasteiger partial charge in [0, 0.05) is 5.56 Å². The second-order valence-electron chi connectivity index (χ2n) is 6.28. The van der Waals surface area contributed by atoms with Crippen LogP contribution in [0.25, 0.3) is 11.3 Å². The Hall–Kier alpha value is -2.85. The first kappa shape index (κ1) is 19.9. The first-order valence-corrected chi connectivity index (χ1v) is 10.6. The Morgan fingerprint density at radius 3 is 2.43 bits per heavy atom. The number of nitrogens with zero attached hydrogens (tertiary/aromatic N) is 2. The molecule has 0 saturated heterocycles. The Balaban J connectivity index is 1.86. The van der Waals surface area contributed by atoms with Gasteiger partial charge in [-0.25, -0.2) is 0 Å². The summed E-state index contributed by atoms with van der Waals surface area (Å²) in [5, 5.41) is 8.10. The van der Waals surface area contributed by atoms with Crippen molar-refractivity contribution in [3.63, 3.8) is 0 Å². The number of aryl methyl sites for hydroxylation is 1. The topological polar surface area (TPSA) is 73.2 Å². The zero-order valence-electron chi connectivity index (χ0n) is 15.8. The van der Waals surface area contributed by atoms with Crippen molar-refractivity contribution in [2.45, 2.75) is 12.1 Å². The third kappa shape index (κ3) is 4.52. The van der Waals surface area contributed by atoms with Crippen LogP contribution in [0.5, 0.6) is 5.75 Å². The fourth-order valence-corrected chi connectivity index (χ4v) is 3.05. The molecule has 0 bridgehead atoms. The molecule has 0 aliphatic heterocycles. The van der Waals surface area contributed by atoms with Crippen LogP contribution in [0, 0.1) is 0 Å². The summed E-state index contributed by atoms with van der Waals surface area (Å²) in [7, 11) is 1.86. The second kappa shape index (κ2) is 8.89. The first-order valence-electron chi connectivity index (χ1n) is 8.87. The molecule has 3 aromatic rings. The molecule has 2 aromatic carbocycles. The van der Waals surface area contributed by atoms with Gasteiger partial charge in [0.15, 0.2) is 5.78 Å². The van der Waals surface area contributed by atoms with Crippen molar-refractivity contribution in [2.24, 2.45) is 7.05 Å². The quantitative estimate of drug-likeness (QED) is 0.454. The molecule has 1 aromatic heterocycles. The Labute approximate surface area is 172 Å². The van der Waals surface area contributed by atoms with Gasteiger partial charge >= 0.3 is 149 Å². The Morgan fingerprint density at radius 2 is 1.82 bits per heavy atom. The Bertz CT molecular complexity index is 996. The van der Waals surface area contributed by atoms with Gasteiger partial charge in [0.05, 0.1) is 0 Å². The molecular weight excluding hydrogens is 417 g/mol. The van der Waals surface area contributed by atoms with E-state index in [9.17, 15) is 9.59 Å². The Morgan fingerprint density at radius 1 is 1.11 bits per heavy atom. The van der Waals surface area contributed by atoms with Crippen LogP contribution in [0.3, 0.4) is 0 Å². The van der Waals surface area contributed by atoms with Crippen LogP contribution < -0.4 is 10.1 Å². The number of ketones is 1. The van der Waals surface area contributed by atoms with Crippen LogP contribution >= 0.6 is 0 Å². The summed E-state index contributed by atoms with van der Waals surface area (Å²) < 4.78 is 7.64. The minimum atomic E-state index is -0.240. The molecule has 0 aliphatic carbocycles. The van der Waals surface area contributed by atoms with Crippen molar-refractivity contribution in [1.29, 1.82) is 0 Å². The summed E-state index contributed by atoms with van der Waals surface area (Å²) in [6.07, 6.45) is 1.73. The van der Waals surface area contributed by atoms with E-state index in [0.717, 1.165) is 22.2 Å². The van der Waals surface area contributed by atoms with Gasteiger partial charge in [0.1, 0.15) is 0 Å². The van der Waals surface area contributed by atoms with Gasteiger partial charge in [-0.1, -0.05) is 0 Å². The van der Waals surface area contributed by atoms with E-state index in [4.69, 9.17) is 4.74 Å². The van der Waals surface area contributed by atoms with Crippen LogP contribution in [0.2, 0.25) is 5.21 Å². The second-order valence-corrected chi connectivity index (χ2v) is 7.49. The number of rotatable bonds is 7. The van der Waals surface area contributed by atoms with Gasteiger partial charge in [0.25, 0.3) is 0 Å². The fraction of sp³-hybridized carbons (Fsp3) is 0.190. The van der Waals surface area contributed by atoms with E-state index < -0.39 is 0 Å². The summed E-state index contributed by atoms with van der Waals surface area (Å²) in [6, 6.07) is 14.1. The van der Waals surface area contributed by atoms with Crippen molar-refractivity contribution in [2.75, 3.05) is 11.9 Å². The van der Waals surface area contributed by atoms with E-state index >= 15 is 0 Å². The summed E-state index contributed by atoms with van der Waals surface area (Å²) >= 11 is 1.61. The molecule has 7 heteroatoms. The van der Waals surface area contributed by atoms with Crippen molar-refractivity contribution in [3.05, 3.63) is 65.9 Å². The van der Waals surface area contributed by atoms with E-state index in [-0.39, 0.29) is 11.7 Å². The molecule has 1 heterocycles. The van der Waals surface area contributed by atoms with Crippen LogP contribution in [-0.4, -0.2) is 44.9 Å². The molecule has 1 amide bonds. The normalized spacial score (nSPS) is 10.5. The van der Waals surface area contributed by atoms with E-state index in [1.165, 1.54) is 6.92 Å². The van der Waals surface area contributed by atoms with Gasteiger partial charge in [-0.15, -0.1) is 0 Å². The van der Waals surface area contributed by atoms with Gasteiger partial charge in [-0.3, -0.25) is 4.79 Å². The van der Waals surface area contributed by atoms with E-state index in [1.54, 1.807) is 52.0 Å². The molecule has 1 unspecified atom stereocenters. The van der Waals surface area contributed by atoms with E-state index in [1.807, 2.05) is 31.3 Å². The van der Waals surface area contributed by atoms with E-state index in [0.29, 0.717) is 23.4 Å². The summed E-state index contributed by atoms with van der Waals surface area (Å²) in [5.41, 5.74) is 3.49. The minimum absolute atomic E-state index is 0.0309. The summed E-state index contributed by atoms with van der Waals surface area (Å²) in [4.78, 5) is 24.0. The van der Waals surface area contributed by atoms with Crippen LogP contribution in [0.4, 0.5) is 5.69 Å². The molecular formula is C21H22AsN3O3. The van der Waals surface area contributed by atoms with Gasteiger partial charge in [-0.05, 0) is 6.92 Å². The number of hydrogen-bond donors (Lipinski definition) is 1. The maximum atomic E-state index is 12.6. The van der Waals surface area contributed by atoms with Crippen LogP contribution in [0.15, 0.2) is 54.7 Å². The number of Topliss-reactive ketones (excluding diaryl/α,β-unsaturated/α-hetero) is 1. The van der Waals surface area contributed by atoms with Gasteiger partial charge in [0.2, 0.25) is 0 Å². The number of amides is 1.